The van der Waals surface area contributed by atoms with Crippen LogP contribution in [-0.2, 0) is 4.74 Å². The van der Waals surface area contributed by atoms with E-state index in [1.54, 1.807) is 19.2 Å². The lowest BCUT2D eigenvalue weighted by atomic mass is 9.64. The van der Waals surface area contributed by atoms with Gasteiger partial charge in [0.15, 0.2) is 0 Å². The second-order valence-corrected chi connectivity index (χ2v) is 6.01. The number of hydrogen-bond acceptors (Lipinski definition) is 4. The van der Waals surface area contributed by atoms with Gasteiger partial charge in [-0.1, -0.05) is 13.8 Å². The van der Waals surface area contributed by atoms with Crippen molar-refractivity contribution in [2.45, 2.75) is 45.4 Å². The quantitative estimate of drug-likeness (QED) is 0.783. The molecule has 0 saturated heterocycles. The lowest BCUT2D eigenvalue weighted by molar-refractivity contribution is -0.0999. The van der Waals surface area contributed by atoms with Crippen molar-refractivity contribution in [3.05, 3.63) is 23.8 Å². The molecule has 2 rings (SSSR count). The Kier molecular flexibility index (Phi) is 3.74. The van der Waals surface area contributed by atoms with Crippen LogP contribution in [0.3, 0.4) is 0 Å². The molecule has 106 valence electrons. The van der Waals surface area contributed by atoms with Gasteiger partial charge in [-0.3, -0.25) is 0 Å². The third-order valence-corrected chi connectivity index (χ3v) is 4.34. The molecule has 3 N–H and O–H groups in total. The maximum atomic E-state index is 9.52. The van der Waals surface area contributed by atoms with Crippen LogP contribution in [0.15, 0.2) is 18.2 Å². The molecule has 4 heteroatoms. The molecule has 1 aromatic rings. The molecule has 1 aliphatic carbocycles. The maximum Gasteiger partial charge on any atom is 0.119 e. The molecule has 1 aromatic carbocycles. The fourth-order valence-corrected chi connectivity index (χ4v) is 2.83. The molecule has 1 aliphatic rings. The first-order valence-corrected chi connectivity index (χ1v) is 6.66. The molecule has 0 radical (unpaired) electrons. The second kappa shape index (κ2) is 5.02. The average molecular weight is 265 g/mol. The molecule has 4 nitrogen and oxygen atoms in total. The van der Waals surface area contributed by atoms with E-state index in [1.165, 1.54) is 6.07 Å². The Morgan fingerprint density at radius 3 is 2.32 bits per heavy atom. The van der Waals surface area contributed by atoms with Crippen LogP contribution in [0, 0.1) is 5.41 Å². The van der Waals surface area contributed by atoms with Crippen LogP contribution in [0.5, 0.6) is 11.5 Å². The summed E-state index contributed by atoms with van der Waals surface area (Å²) in [6.45, 7) is 6.41. The number of ether oxygens (including phenoxy) is 1. The van der Waals surface area contributed by atoms with Crippen LogP contribution in [0.2, 0.25) is 0 Å². The minimum atomic E-state index is 0.0695. The number of methoxy groups -OCH3 is 1. The number of hydrogen-bond donors (Lipinski definition) is 3. The van der Waals surface area contributed by atoms with Crippen LogP contribution < -0.4 is 5.32 Å². The number of nitrogens with one attached hydrogen (secondary N) is 1. The first-order valence-electron chi connectivity index (χ1n) is 6.66. The lowest BCUT2D eigenvalue weighted by Gasteiger charge is -2.52. The van der Waals surface area contributed by atoms with Gasteiger partial charge in [0.1, 0.15) is 11.5 Å². The van der Waals surface area contributed by atoms with Crippen LogP contribution in [0.4, 0.5) is 0 Å². The van der Waals surface area contributed by atoms with Gasteiger partial charge in [-0.25, -0.2) is 0 Å². The van der Waals surface area contributed by atoms with Crippen LogP contribution >= 0.6 is 0 Å². The summed E-state index contributed by atoms with van der Waals surface area (Å²) in [7, 11) is 1.75. The zero-order valence-corrected chi connectivity index (χ0v) is 12.0. The normalized spacial score (nSPS) is 26.7. The van der Waals surface area contributed by atoms with Crippen LogP contribution in [-0.4, -0.2) is 29.5 Å². The van der Waals surface area contributed by atoms with Gasteiger partial charge >= 0.3 is 0 Å². The summed E-state index contributed by atoms with van der Waals surface area (Å²) < 4.78 is 5.44. The topological polar surface area (TPSA) is 61.7 Å². The van der Waals surface area contributed by atoms with Crippen molar-refractivity contribution in [2.24, 2.45) is 5.41 Å². The van der Waals surface area contributed by atoms with E-state index in [1.807, 2.05) is 6.92 Å². The van der Waals surface area contributed by atoms with Gasteiger partial charge in [0.2, 0.25) is 0 Å². The average Bonchev–Trinajstić information content (AvgIpc) is 2.32. The van der Waals surface area contributed by atoms with Gasteiger partial charge in [0.05, 0.1) is 6.10 Å². The minimum absolute atomic E-state index is 0.0695. The molecule has 0 aliphatic heterocycles. The second-order valence-electron chi connectivity index (χ2n) is 6.01. The fraction of sp³-hybridized carbons (Fsp3) is 0.600. The number of aromatic hydroxyl groups is 2. The van der Waals surface area contributed by atoms with Crippen molar-refractivity contribution in [1.82, 2.24) is 5.32 Å². The summed E-state index contributed by atoms with van der Waals surface area (Å²) in [5, 5.41) is 22.6. The Hall–Kier alpha value is -1.26. The van der Waals surface area contributed by atoms with E-state index in [4.69, 9.17) is 4.74 Å². The van der Waals surface area contributed by atoms with Gasteiger partial charge in [-0.2, -0.15) is 0 Å². The Balaban J connectivity index is 2.04. The molecule has 1 saturated carbocycles. The van der Waals surface area contributed by atoms with Crippen molar-refractivity contribution in [3.8, 4) is 11.5 Å². The monoisotopic (exact) mass is 265 g/mol. The van der Waals surface area contributed by atoms with Crippen LogP contribution in [0.1, 0.15) is 38.8 Å². The molecular weight excluding hydrogens is 242 g/mol. The lowest BCUT2D eigenvalue weighted by Crippen LogP contribution is -2.60. The summed E-state index contributed by atoms with van der Waals surface area (Å²) in [5.41, 5.74) is 0.983. The molecule has 0 heterocycles. The van der Waals surface area contributed by atoms with Gasteiger partial charge in [0, 0.05) is 30.7 Å². The van der Waals surface area contributed by atoms with Gasteiger partial charge in [-0.15, -0.1) is 0 Å². The zero-order valence-electron chi connectivity index (χ0n) is 12.0. The molecule has 3 unspecified atom stereocenters. The highest BCUT2D eigenvalue weighted by Gasteiger charge is 2.48. The molecule has 0 bridgehead atoms. The number of rotatable bonds is 4. The van der Waals surface area contributed by atoms with E-state index in [9.17, 15) is 10.2 Å². The smallest absolute Gasteiger partial charge is 0.119 e. The molecule has 1 fully saturated rings. The van der Waals surface area contributed by atoms with Crippen molar-refractivity contribution in [3.63, 3.8) is 0 Å². The molecule has 0 amide bonds. The minimum Gasteiger partial charge on any atom is -0.508 e. The highest BCUT2D eigenvalue weighted by atomic mass is 16.5. The summed E-state index contributed by atoms with van der Waals surface area (Å²) in [5.74, 6) is 0.178. The summed E-state index contributed by atoms with van der Waals surface area (Å²) in [4.78, 5) is 0. The van der Waals surface area contributed by atoms with E-state index in [0.29, 0.717) is 6.04 Å². The predicted molar refractivity (Wildman–Crippen MR) is 74.3 cm³/mol. The summed E-state index contributed by atoms with van der Waals surface area (Å²) >= 11 is 0. The Morgan fingerprint density at radius 2 is 1.84 bits per heavy atom. The van der Waals surface area contributed by atoms with Gasteiger partial charge < -0.3 is 20.3 Å². The number of phenols is 2. The van der Waals surface area contributed by atoms with Gasteiger partial charge in [-0.05, 0) is 31.0 Å². The highest BCUT2D eigenvalue weighted by molar-refractivity contribution is 5.38. The first-order chi connectivity index (χ1) is 8.84. The fourth-order valence-electron chi connectivity index (χ4n) is 2.83. The third kappa shape index (κ3) is 2.69. The van der Waals surface area contributed by atoms with E-state index in [2.05, 4.69) is 19.2 Å². The van der Waals surface area contributed by atoms with Crippen molar-refractivity contribution in [2.75, 3.05) is 7.11 Å². The van der Waals surface area contributed by atoms with E-state index < -0.39 is 0 Å². The third-order valence-electron chi connectivity index (χ3n) is 4.34. The molecule has 0 spiro atoms. The number of benzene rings is 1. The van der Waals surface area contributed by atoms with Crippen LogP contribution in [0.25, 0.3) is 0 Å². The summed E-state index contributed by atoms with van der Waals surface area (Å²) in [6.07, 6.45) is 1.27. The molecule has 3 atom stereocenters. The Morgan fingerprint density at radius 1 is 1.26 bits per heavy atom. The number of phenolic OH excluding ortho intramolecular Hbond substituents is 2. The van der Waals surface area contributed by atoms with E-state index in [-0.39, 0.29) is 29.1 Å². The van der Waals surface area contributed by atoms with E-state index >= 15 is 0 Å². The van der Waals surface area contributed by atoms with Crippen molar-refractivity contribution in [1.29, 1.82) is 0 Å². The van der Waals surface area contributed by atoms with Crippen molar-refractivity contribution >= 4 is 0 Å². The Bertz CT molecular complexity index is 438. The molecule has 0 aromatic heterocycles. The Labute approximate surface area is 114 Å². The molecule has 19 heavy (non-hydrogen) atoms. The largest absolute Gasteiger partial charge is 0.508 e. The molecular formula is C15H23NO3. The highest BCUT2D eigenvalue weighted by Crippen LogP contribution is 2.43. The van der Waals surface area contributed by atoms with E-state index in [0.717, 1.165) is 12.0 Å². The first kappa shape index (κ1) is 14.2. The SMILES string of the molecule is COC1CC(NC(C)c2cc(O)cc(O)c2)C1(C)C. The van der Waals surface area contributed by atoms with Crippen molar-refractivity contribution < 1.29 is 14.9 Å². The zero-order chi connectivity index (χ0) is 14.2. The standard InChI is InChI=1S/C15H23NO3/c1-9(10-5-11(17)7-12(18)6-10)16-13-8-14(19-4)15(13,2)3/h5-7,9,13-14,16-18H,8H2,1-4H3. The van der Waals surface area contributed by atoms with Gasteiger partial charge in [0.25, 0.3) is 0 Å². The predicted octanol–water partition coefficient (Wildman–Crippen LogP) is 2.56. The maximum absolute atomic E-state index is 9.52. The summed E-state index contributed by atoms with van der Waals surface area (Å²) in [6, 6.07) is 5.13.